The summed E-state index contributed by atoms with van der Waals surface area (Å²) in [5.41, 5.74) is 0.0853. The van der Waals surface area contributed by atoms with Crippen molar-refractivity contribution < 1.29 is 9.90 Å². The Balaban J connectivity index is 1.75. The zero-order valence-corrected chi connectivity index (χ0v) is 10.9. The number of carboxylic acid groups (broad SMARTS) is 1. The van der Waals surface area contributed by atoms with Gasteiger partial charge < -0.3 is 10.0 Å². The van der Waals surface area contributed by atoms with E-state index < -0.39 is 11.4 Å². The van der Waals surface area contributed by atoms with Crippen molar-refractivity contribution in [1.82, 2.24) is 19.6 Å². The second kappa shape index (κ2) is 3.91. The van der Waals surface area contributed by atoms with Gasteiger partial charge in [-0.25, -0.2) is 4.98 Å². The first-order valence-corrected chi connectivity index (χ1v) is 6.83. The molecular weight excluding hydrogens is 258 g/mol. The number of carbonyl (C=O) groups is 1. The van der Waals surface area contributed by atoms with Gasteiger partial charge in [-0.15, -0.1) is 10.2 Å². The molecule has 2 fully saturated rings. The van der Waals surface area contributed by atoms with Gasteiger partial charge in [0.2, 0.25) is 5.65 Å². The van der Waals surface area contributed by atoms with Crippen LogP contribution in [-0.4, -0.2) is 43.7 Å². The van der Waals surface area contributed by atoms with Crippen LogP contribution in [0.15, 0.2) is 18.7 Å². The van der Waals surface area contributed by atoms with Crippen molar-refractivity contribution in [3.63, 3.8) is 0 Å². The number of hydrogen-bond acceptors (Lipinski definition) is 5. The Morgan fingerprint density at radius 2 is 2.40 bits per heavy atom. The molecule has 1 aliphatic heterocycles. The molecule has 2 atom stereocenters. The van der Waals surface area contributed by atoms with Gasteiger partial charge in [0.25, 0.3) is 0 Å². The quantitative estimate of drug-likeness (QED) is 0.872. The molecule has 1 aliphatic carbocycles. The Hall–Kier alpha value is -2.18. The number of fused-ring (bicyclic) bond motifs is 2. The molecule has 0 spiro atoms. The minimum Gasteiger partial charge on any atom is -0.481 e. The van der Waals surface area contributed by atoms with Crippen LogP contribution in [0.4, 0.5) is 5.82 Å². The fraction of sp³-hybridized carbons (Fsp3) is 0.538. The fourth-order valence-electron chi connectivity index (χ4n) is 3.77. The summed E-state index contributed by atoms with van der Waals surface area (Å²) in [6.45, 7) is 1.26. The number of hydrogen-bond donors (Lipinski definition) is 1. The molecule has 1 N–H and O–H groups in total. The van der Waals surface area contributed by atoms with E-state index in [-0.39, 0.29) is 5.92 Å². The smallest absolute Gasteiger partial charge is 0.311 e. The molecule has 3 heterocycles. The minimum atomic E-state index is -0.670. The molecular formula is C13H15N5O2. The third-order valence-electron chi connectivity index (χ3n) is 4.79. The average Bonchev–Trinajstić information content (AvgIpc) is 3.11. The van der Waals surface area contributed by atoms with Crippen molar-refractivity contribution in [2.45, 2.75) is 19.3 Å². The molecule has 1 saturated carbocycles. The van der Waals surface area contributed by atoms with E-state index in [1.54, 1.807) is 18.7 Å². The largest absolute Gasteiger partial charge is 0.481 e. The van der Waals surface area contributed by atoms with Gasteiger partial charge in [-0.1, -0.05) is 6.42 Å². The van der Waals surface area contributed by atoms with Crippen molar-refractivity contribution in [2.75, 3.05) is 18.0 Å². The summed E-state index contributed by atoms with van der Waals surface area (Å²) < 4.78 is 1.81. The van der Waals surface area contributed by atoms with Crippen LogP contribution >= 0.6 is 0 Å². The van der Waals surface area contributed by atoms with Crippen LogP contribution in [-0.2, 0) is 4.79 Å². The highest BCUT2D eigenvalue weighted by Gasteiger charge is 2.55. The van der Waals surface area contributed by atoms with Crippen molar-refractivity contribution in [2.24, 2.45) is 11.3 Å². The van der Waals surface area contributed by atoms with Gasteiger partial charge in [-0.05, 0) is 18.8 Å². The van der Waals surface area contributed by atoms with E-state index >= 15 is 0 Å². The molecule has 20 heavy (non-hydrogen) atoms. The van der Waals surface area contributed by atoms with Crippen LogP contribution in [0.5, 0.6) is 0 Å². The lowest BCUT2D eigenvalue weighted by molar-refractivity contribution is -0.149. The zero-order chi connectivity index (χ0) is 13.7. The van der Waals surface area contributed by atoms with Crippen LogP contribution in [0.25, 0.3) is 5.65 Å². The molecule has 0 amide bonds. The van der Waals surface area contributed by atoms with Gasteiger partial charge >= 0.3 is 5.97 Å². The Kier molecular flexibility index (Phi) is 2.27. The van der Waals surface area contributed by atoms with E-state index in [1.165, 1.54) is 0 Å². The van der Waals surface area contributed by atoms with Gasteiger partial charge in [0.1, 0.15) is 6.33 Å². The van der Waals surface area contributed by atoms with Crippen LogP contribution < -0.4 is 4.90 Å². The van der Waals surface area contributed by atoms with Crippen LogP contribution in [0, 0.1) is 11.3 Å². The van der Waals surface area contributed by atoms with E-state index in [0.717, 1.165) is 31.6 Å². The third-order valence-corrected chi connectivity index (χ3v) is 4.79. The monoisotopic (exact) mass is 273 g/mol. The molecule has 7 nitrogen and oxygen atoms in total. The van der Waals surface area contributed by atoms with Gasteiger partial charge in [0.15, 0.2) is 5.82 Å². The van der Waals surface area contributed by atoms with Crippen LogP contribution in [0.1, 0.15) is 19.3 Å². The first-order valence-electron chi connectivity index (χ1n) is 6.83. The molecule has 2 aliphatic rings. The topological polar surface area (TPSA) is 83.6 Å². The lowest BCUT2D eigenvalue weighted by atomic mass is 9.81. The molecule has 0 unspecified atom stereocenters. The maximum absolute atomic E-state index is 11.7. The molecule has 0 bridgehead atoms. The summed E-state index contributed by atoms with van der Waals surface area (Å²) in [4.78, 5) is 18.2. The lowest BCUT2D eigenvalue weighted by Gasteiger charge is -2.23. The zero-order valence-electron chi connectivity index (χ0n) is 10.9. The second-order valence-electron chi connectivity index (χ2n) is 5.74. The number of nitrogens with zero attached hydrogens (tertiary/aromatic N) is 5. The highest BCUT2D eigenvalue weighted by molar-refractivity contribution is 5.78. The van der Waals surface area contributed by atoms with Crippen LogP contribution in [0.2, 0.25) is 0 Å². The molecule has 7 heteroatoms. The first-order chi connectivity index (χ1) is 9.71. The van der Waals surface area contributed by atoms with E-state index in [1.807, 2.05) is 4.40 Å². The first kappa shape index (κ1) is 11.6. The number of aliphatic carboxylic acids is 1. The number of carboxylic acids is 1. The summed E-state index contributed by atoms with van der Waals surface area (Å²) >= 11 is 0. The number of anilines is 1. The summed E-state index contributed by atoms with van der Waals surface area (Å²) in [5, 5.41) is 17.6. The maximum Gasteiger partial charge on any atom is 0.311 e. The van der Waals surface area contributed by atoms with E-state index in [2.05, 4.69) is 20.1 Å². The van der Waals surface area contributed by atoms with Gasteiger partial charge in [-0.2, -0.15) is 0 Å². The molecule has 4 rings (SSSR count). The third kappa shape index (κ3) is 1.40. The highest BCUT2D eigenvalue weighted by atomic mass is 16.4. The van der Waals surface area contributed by atoms with Crippen molar-refractivity contribution in [3.05, 3.63) is 18.7 Å². The van der Waals surface area contributed by atoms with Crippen molar-refractivity contribution in [1.29, 1.82) is 0 Å². The second-order valence-corrected chi connectivity index (χ2v) is 5.74. The number of rotatable bonds is 2. The Morgan fingerprint density at radius 1 is 1.50 bits per heavy atom. The Morgan fingerprint density at radius 3 is 3.20 bits per heavy atom. The van der Waals surface area contributed by atoms with E-state index in [9.17, 15) is 9.90 Å². The summed E-state index contributed by atoms with van der Waals surface area (Å²) in [5.74, 6) is 0.279. The lowest BCUT2D eigenvalue weighted by Crippen LogP contribution is -2.35. The molecule has 104 valence electrons. The minimum absolute atomic E-state index is 0.213. The van der Waals surface area contributed by atoms with Gasteiger partial charge in [-0.3, -0.25) is 9.20 Å². The highest BCUT2D eigenvalue weighted by Crippen LogP contribution is 2.49. The summed E-state index contributed by atoms with van der Waals surface area (Å²) in [6.07, 6.45) is 7.88. The Labute approximate surface area is 115 Å². The maximum atomic E-state index is 11.7. The summed E-state index contributed by atoms with van der Waals surface area (Å²) in [6, 6.07) is 0. The number of aromatic nitrogens is 4. The SMILES string of the molecule is O=C(O)[C@@]12CCC[C@H]1CN(c1nccn3cnnc13)C2. The fourth-order valence-corrected chi connectivity index (χ4v) is 3.77. The molecule has 1 saturated heterocycles. The van der Waals surface area contributed by atoms with Gasteiger partial charge in [0.05, 0.1) is 5.41 Å². The normalized spacial score (nSPS) is 29.0. The Bertz CT molecular complexity index is 684. The predicted molar refractivity (Wildman–Crippen MR) is 70.4 cm³/mol. The molecule has 2 aromatic heterocycles. The van der Waals surface area contributed by atoms with Crippen LogP contribution in [0.3, 0.4) is 0 Å². The average molecular weight is 273 g/mol. The molecule has 2 aromatic rings. The van der Waals surface area contributed by atoms with E-state index in [0.29, 0.717) is 12.2 Å². The van der Waals surface area contributed by atoms with E-state index in [4.69, 9.17) is 0 Å². The van der Waals surface area contributed by atoms with Crippen molar-refractivity contribution in [3.8, 4) is 0 Å². The standard InChI is InChI=1S/C13H15N5O2/c19-12(20)13-3-1-2-9(13)6-18(7-13)10-11-16-15-8-17(11)5-4-14-10/h4-5,8-9H,1-3,6-7H2,(H,19,20)/t9-,13+/m0/s1. The molecule has 0 radical (unpaired) electrons. The van der Waals surface area contributed by atoms with Crippen molar-refractivity contribution >= 4 is 17.4 Å². The van der Waals surface area contributed by atoms with Gasteiger partial charge in [0, 0.05) is 25.5 Å². The predicted octanol–water partition coefficient (Wildman–Crippen LogP) is 0.815. The molecule has 0 aromatic carbocycles. The summed E-state index contributed by atoms with van der Waals surface area (Å²) in [7, 11) is 0.